The number of likely N-dealkylation sites (N-methyl/N-ethyl adjacent to an activating group) is 1. The van der Waals surface area contributed by atoms with Crippen LogP contribution in [0.4, 0.5) is 0 Å². The molecule has 1 rings (SSSR count). The fourth-order valence-corrected chi connectivity index (χ4v) is 1.31. The number of hydrogen-bond acceptors (Lipinski definition) is 4. The molecule has 1 heterocycles. The predicted molar refractivity (Wildman–Crippen MR) is 42.6 cm³/mol. The summed E-state index contributed by atoms with van der Waals surface area (Å²) in [7, 11) is 1.53. The van der Waals surface area contributed by atoms with Crippen LogP contribution in [0.15, 0.2) is 5.38 Å². The van der Waals surface area contributed by atoms with Crippen LogP contribution >= 0.6 is 23.1 Å². The van der Waals surface area contributed by atoms with E-state index >= 15 is 0 Å². The van der Waals surface area contributed by atoms with Crippen LogP contribution in [0.5, 0.6) is 0 Å². The maximum atomic E-state index is 10.9. The number of carbonyl (C=O) groups is 1. The van der Waals surface area contributed by atoms with E-state index < -0.39 is 5.38 Å². The van der Waals surface area contributed by atoms with E-state index in [-0.39, 0.29) is 5.91 Å². The largest absolute Gasteiger partial charge is 0.358 e. The van der Waals surface area contributed by atoms with E-state index in [1.165, 1.54) is 18.6 Å². The summed E-state index contributed by atoms with van der Waals surface area (Å²) < 4.78 is 3.59. The molecule has 1 aromatic rings. The second kappa shape index (κ2) is 3.64. The van der Waals surface area contributed by atoms with E-state index in [1.807, 2.05) is 0 Å². The molecule has 0 spiro atoms. The van der Waals surface area contributed by atoms with E-state index in [0.717, 1.165) is 0 Å². The smallest absolute Gasteiger partial charge is 0.244 e. The fourth-order valence-electron chi connectivity index (χ4n) is 0.543. The highest BCUT2D eigenvalue weighted by Gasteiger charge is 2.18. The number of nitrogens with one attached hydrogen (secondary N) is 1. The standard InChI is InChI=1S/C5H6ClN3OS/c1-7-5(10)4(6)3-2-11-9-8-3/h2,4H,1H3,(H,7,10)/t4-/m0/s1. The lowest BCUT2D eigenvalue weighted by molar-refractivity contribution is -0.120. The zero-order chi connectivity index (χ0) is 8.27. The molecule has 0 radical (unpaired) electrons. The van der Waals surface area contributed by atoms with Crippen LogP contribution < -0.4 is 5.32 Å². The van der Waals surface area contributed by atoms with Gasteiger partial charge in [0.2, 0.25) is 5.91 Å². The Balaban J connectivity index is 2.70. The zero-order valence-corrected chi connectivity index (χ0v) is 7.32. The lowest BCUT2D eigenvalue weighted by atomic mass is 10.3. The van der Waals surface area contributed by atoms with Gasteiger partial charge < -0.3 is 5.32 Å². The number of alkyl halides is 1. The van der Waals surface area contributed by atoms with Crippen molar-refractivity contribution < 1.29 is 4.79 Å². The first kappa shape index (κ1) is 8.42. The van der Waals surface area contributed by atoms with Crippen molar-refractivity contribution in [2.75, 3.05) is 7.05 Å². The average Bonchev–Trinajstić information content (AvgIpc) is 2.53. The Hall–Kier alpha value is -0.680. The molecule has 0 aliphatic rings. The molecule has 0 unspecified atom stereocenters. The number of aromatic nitrogens is 2. The summed E-state index contributed by atoms with van der Waals surface area (Å²) in [5, 5.41) is 7.00. The fraction of sp³-hybridized carbons (Fsp3) is 0.400. The van der Waals surface area contributed by atoms with E-state index in [4.69, 9.17) is 11.6 Å². The number of rotatable bonds is 2. The Kier molecular flexibility index (Phi) is 2.78. The van der Waals surface area contributed by atoms with E-state index in [9.17, 15) is 4.79 Å². The molecule has 0 saturated heterocycles. The van der Waals surface area contributed by atoms with Crippen LogP contribution in [-0.2, 0) is 4.79 Å². The molecule has 0 aliphatic heterocycles. The first-order chi connectivity index (χ1) is 5.25. The highest BCUT2D eigenvalue weighted by molar-refractivity contribution is 7.03. The van der Waals surface area contributed by atoms with Crippen LogP contribution in [0.1, 0.15) is 11.1 Å². The molecular formula is C5H6ClN3OS. The molecule has 1 atom stereocenters. The topological polar surface area (TPSA) is 54.9 Å². The summed E-state index contributed by atoms with van der Waals surface area (Å²) in [6, 6.07) is 0. The van der Waals surface area contributed by atoms with Gasteiger partial charge in [-0.1, -0.05) is 4.49 Å². The van der Waals surface area contributed by atoms with Crippen molar-refractivity contribution in [3.63, 3.8) is 0 Å². The summed E-state index contributed by atoms with van der Waals surface area (Å²) >= 11 is 6.86. The normalized spacial score (nSPS) is 12.5. The van der Waals surface area contributed by atoms with Gasteiger partial charge in [-0.05, 0) is 11.5 Å². The van der Waals surface area contributed by atoms with Crippen LogP contribution in [0.3, 0.4) is 0 Å². The van der Waals surface area contributed by atoms with Gasteiger partial charge in [-0.15, -0.1) is 16.7 Å². The van der Waals surface area contributed by atoms with E-state index in [2.05, 4.69) is 14.9 Å². The molecule has 0 bridgehead atoms. The highest BCUT2D eigenvalue weighted by atomic mass is 35.5. The SMILES string of the molecule is CNC(=O)[C@@H](Cl)c1csnn1. The minimum atomic E-state index is -0.723. The zero-order valence-electron chi connectivity index (χ0n) is 5.74. The van der Waals surface area contributed by atoms with Gasteiger partial charge >= 0.3 is 0 Å². The molecule has 11 heavy (non-hydrogen) atoms. The molecule has 0 aliphatic carbocycles. The van der Waals surface area contributed by atoms with Crippen LogP contribution in [0.2, 0.25) is 0 Å². The lowest BCUT2D eigenvalue weighted by Gasteiger charge is -2.01. The molecular weight excluding hydrogens is 186 g/mol. The van der Waals surface area contributed by atoms with Crippen molar-refractivity contribution in [2.24, 2.45) is 0 Å². The monoisotopic (exact) mass is 191 g/mol. The van der Waals surface area contributed by atoms with Gasteiger partial charge in [0.25, 0.3) is 0 Å². The number of nitrogens with zero attached hydrogens (tertiary/aromatic N) is 2. The van der Waals surface area contributed by atoms with Crippen molar-refractivity contribution in [1.82, 2.24) is 14.9 Å². The quantitative estimate of drug-likeness (QED) is 0.696. The molecule has 4 nitrogen and oxygen atoms in total. The summed E-state index contributed by atoms with van der Waals surface area (Å²) in [5.74, 6) is -0.264. The number of halogens is 1. The van der Waals surface area contributed by atoms with E-state index in [0.29, 0.717) is 5.69 Å². The number of carbonyl (C=O) groups excluding carboxylic acids is 1. The first-order valence-electron chi connectivity index (χ1n) is 2.88. The summed E-state index contributed by atoms with van der Waals surface area (Å²) in [6.45, 7) is 0. The maximum absolute atomic E-state index is 10.9. The summed E-state index contributed by atoms with van der Waals surface area (Å²) in [6.07, 6.45) is 0. The van der Waals surface area contributed by atoms with Crippen LogP contribution in [0, 0.1) is 0 Å². The minimum Gasteiger partial charge on any atom is -0.358 e. The molecule has 0 aromatic carbocycles. The predicted octanol–water partition coefficient (Wildman–Crippen LogP) is 0.564. The Morgan fingerprint density at radius 2 is 2.64 bits per heavy atom. The summed E-state index contributed by atoms with van der Waals surface area (Å²) in [5.41, 5.74) is 0.496. The van der Waals surface area contributed by atoms with Gasteiger partial charge in [-0.3, -0.25) is 4.79 Å². The third kappa shape index (κ3) is 1.87. The van der Waals surface area contributed by atoms with Gasteiger partial charge in [-0.25, -0.2) is 0 Å². The van der Waals surface area contributed by atoms with Gasteiger partial charge in [0.1, 0.15) is 5.69 Å². The molecule has 0 fully saturated rings. The molecule has 1 N–H and O–H groups in total. The average molecular weight is 192 g/mol. The highest BCUT2D eigenvalue weighted by Crippen LogP contribution is 2.18. The number of amides is 1. The van der Waals surface area contributed by atoms with Crippen molar-refractivity contribution in [1.29, 1.82) is 0 Å². The molecule has 1 amide bonds. The first-order valence-corrected chi connectivity index (χ1v) is 4.15. The van der Waals surface area contributed by atoms with Crippen molar-refractivity contribution in [2.45, 2.75) is 5.38 Å². The van der Waals surface area contributed by atoms with Crippen LogP contribution in [-0.4, -0.2) is 22.5 Å². The molecule has 1 aromatic heterocycles. The van der Waals surface area contributed by atoms with Gasteiger partial charge in [0.15, 0.2) is 5.38 Å². The Morgan fingerprint density at radius 1 is 1.91 bits per heavy atom. The Bertz CT molecular complexity index is 238. The van der Waals surface area contributed by atoms with Crippen LogP contribution in [0.25, 0.3) is 0 Å². The Morgan fingerprint density at radius 3 is 3.09 bits per heavy atom. The Labute approximate surface area is 72.7 Å². The second-order valence-electron chi connectivity index (χ2n) is 1.81. The molecule has 6 heteroatoms. The lowest BCUT2D eigenvalue weighted by Crippen LogP contribution is -2.22. The molecule has 0 saturated carbocycles. The second-order valence-corrected chi connectivity index (χ2v) is 2.85. The van der Waals surface area contributed by atoms with Gasteiger partial charge in [-0.2, -0.15) is 0 Å². The maximum Gasteiger partial charge on any atom is 0.244 e. The third-order valence-corrected chi connectivity index (χ3v) is 2.06. The third-order valence-electron chi connectivity index (χ3n) is 1.11. The van der Waals surface area contributed by atoms with Crippen molar-refractivity contribution in [3.8, 4) is 0 Å². The van der Waals surface area contributed by atoms with E-state index in [1.54, 1.807) is 5.38 Å². The van der Waals surface area contributed by atoms with Crippen molar-refractivity contribution in [3.05, 3.63) is 11.1 Å². The van der Waals surface area contributed by atoms with Crippen molar-refractivity contribution >= 4 is 29.0 Å². The molecule has 60 valence electrons. The minimum absolute atomic E-state index is 0.264. The number of hydrogen-bond donors (Lipinski definition) is 1. The van der Waals surface area contributed by atoms with Gasteiger partial charge in [0.05, 0.1) is 0 Å². The van der Waals surface area contributed by atoms with Gasteiger partial charge in [0, 0.05) is 12.4 Å². The summed E-state index contributed by atoms with van der Waals surface area (Å²) in [4.78, 5) is 10.9.